The third-order valence-corrected chi connectivity index (χ3v) is 9.13. The van der Waals surface area contributed by atoms with Gasteiger partial charge in [0.05, 0.1) is 0 Å². The quantitative estimate of drug-likeness (QED) is 0.285. The third kappa shape index (κ3) is 10.9. The maximum Gasteiger partial charge on any atom is 1.00 e. The zero-order chi connectivity index (χ0) is 27.3. The summed E-state index contributed by atoms with van der Waals surface area (Å²) in [6, 6.07) is 13.6. The zero-order valence-corrected chi connectivity index (χ0v) is 25.8. The minimum absolute atomic E-state index is 0. The molecule has 0 heterocycles. The molecule has 1 aliphatic rings. The fraction of sp³-hybridized carbons (Fsp3) is 0.548. The van der Waals surface area contributed by atoms with Crippen molar-refractivity contribution in [3.8, 4) is 11.1 Å². The molecule has 39 heavy (non-hydrogen) atoms. The molecule has 1 fully saturated rings. The van der Waals surface area contributed by atoms with Crippen LogP contribution in [0.3, 0.4) is 0 Å². The van der Waals surface area contributed by atoms with Gasteiger partial charge in [0.25, 0.3) is 5.91 Å². The van der Waals surface area contributed by atoms with E-state index in [0.717, 1.165) is 46.2 Å². The van der Waals surface area contributed by atoms with Crippen LogP contribution in [0.2, 0.25) is 0 Å². The van der Waals surface area contributed by atoms with Crippen molar-refractivity contribution in [2.45, 2.75) is 77.4 Å². The number of aliphatic carboxylic acids is 1. The van der Waals surface area contributed by atoms with E-state index in [0.29, 0.717) is 23.8 Å². The zero-order valence-electron chi connectivity index (χ0n) is 25.1. The maximum absolute atomic E-state index is 13.3. The number of aryl methyl sites for hydroxylation is 1. The van der Waals surface area contributed by atoms with Crippen LogP contribution < -0.4 is 29.5 Å². The van der Waals surface area contributed by atoms with Crippen LogP contribution in [-0.2, 0) is 11.3 Å². The van der Waals surface area contributed by atoms with Gasteiger partial charge in [0.15, 0.2) is 0 Å². The summed E-state index contributed by atoms with van der Waals surface area (Å²) in [6.07, 6.45) is 10.4. The number of hydrogen-bond donors (Lipinski definition) is 3. The van der Waals surface area contributed by atoms with Gasteiger partial charge in [0, 0.05) is 23.9 Å². The van der Waals surface area contributed by atoms with E-state index in [-0.39, 0.29) is 26.2 Å². The van der Waals surface area contributed by atoms with E-state index in [2.05, 4.69) is 23.6 Å². The number of rotatable bonds is 15. The Balaban J connectivity index is 0.00000400. The summed E-state index contributed by atoms with van der Waals surface area (Å²) in [5, 5.41) is 16.2. The molecule has 5 nitrogen and oxygen atoms in total. The second-order valence-electron chi connectivity index (χ2n) is 10.3. The van der Waals surface area contributed by atoms with Crippen LogP contribution in [0.25, 0.3) is 11.1 Å². The largest absolute Gasteiger partial charge is 1.00 e. The molecule has 0 radical (unpaired) electrons. The molecule has 0 saturated heterocycles. The first-order valence-electron chi connectivity index (χ1n) is 14.0. The minimum Gasteiger partial charge on any atom is -1.00 e. The van der Waals surface area contributed by atoms with E-state index in [1.807, 2.05) is 61.3 Å². The molecule has 0 aromatic heterocycles. The van der Waals surface area contributed by atoms with E-state index >= 15 is 0 Å². The first kappa shape index (κ1) is 33.8. The van der Waals surface area contributed by atoms with Gasteiger partial charge in [0.1, 0.15) is 6.04 Å². The van der Waals surface area contributed by atoms with E-state index in [4.69, 9.17) is 0 Å². The first-order chi connectivity index (χ1) is 18.4. The summed E-state index contributed by atoms with van der Waals surface area (Å²) in [7, 11) is 0. The van der Waals surface area contributed by atoms with Gasteiger partial charge < -0.3 is 17.2 Å². The molecule has 2 aromatic rings. The predicted molar refractivity (Wildman–Crippen MR) is 164 cm³/mol. The van der Waals surface area contributed by atoms with E-state index in [9.17, 15) is 14.7 Å². The molecule has 2 aromatic carbocycles. The van der Waals surface area contributed by atoms with E-state index in [1.165, 1.54) is 38.5 Å². The molecule has 0 aliphatic heterocycles. The average molecular weight is 565 g/mol. The van der Waals surface area contributed by atoms with Crippen molar-refractivity contribution in [3.63, 3.8) is 0 Å². The summed E-state index contributed by atoms with van der Waals surface area (Å²) < 4.78 is 0. The Bertz CT molecular complexity index is 1050. The van der Waals surface area contributed by atoms with Gasteiger partial charge >= 0.3 is 24.8 Å². The number of hydrogen-bond acceptors (Lipinski definition) is 5. The second kappa shape index (κ2) is 18.1. The van der Waals surface area contributed by atoms with E-state index < -0.39 is 12.0 Å². The number of carbonyl (C=O) groups excluding carboxylic acids is 1. The van der Waals surface area contributed by atoms with E-state index in [1.54, 1.807) is 11.8 Å². The number of nitrogens with one attached hydrogen (secondary N) is 2. The summed E-state index contributed by atoms with van der Waals surface area (Å²) in [4.78, 5) is 25.1. The Morgan fingerprint density at radius 3 is 2.51 bits per heavy atom. The van der Waals surface area contributed by atoms with Crippen molar-refractivity contribution in [1.29, 1.82) is 0 Å². The molecule has 1 amide bonds. The monoisotopic (exact) mass is 564 g/mol. The van der Waals surface area contributed by atoms with Crippen molar-refractivity contribution in [2.24, 2.45) is 5.92 Å². The molecular weight excluding hydrogens is 519 g/mol. The van der Waals surface area contributed by atoms with Crippen molar-refractivity contribution in [1.82, 2.24) is 10.6 Å². The van der Waals surface area contributed by atoms with Crippen LogP contribution in [0.15, 0.2) is 42.5 Å². The van der Waals surface area contributed by atoms with Gasteiger partial charge in [-0.1, -0.05) is 69.4 Å². The van der Waals surface area contributed by atoms with Crippen molar-refractivity contribution >= 4 is 35.4 Å². The number of carbonyl (C=O) groups is 2. The van der Waals surface area contributed by atoms with Gasteiger partial charge in [-0.3, -0.25) is 4.79 Å². The predicted octanol–water partition coefficient (Wildman–Crippen LogP) is 3.90. The Morgan fingerprint density at radius 1 is 1.10 bits per heavy atom. The van der Waals surface area contributed by atoms with Crippen LogP contribution in [0.5, 0.6) is 0 Å². The minimum atomic E-state index is -1.00. The normalized spacial score (nSPS) is 15.3. The van der Waals surface area contributed by atoms with Crippen LogP contribution in [0.1, 0.15) is 74.8 Å². The molecule has 1 aliphatic carbocycles. The molecule has 8 heteroatoms. The molecule has 3 N–H and O–H groups in total. The number of carboxylic acids is 1. The topological polar surface area (TPSA) is 78.4 Å². The fourth-order valence-electron chi connectivity index (χ4n) is 5.28. The fourth-order valence-corrected chi connectivity index (χ4v) is 6.53. The number of thioether (sulfide) groups is 2. The molecule has 3 rings (SSSR count). The number of benzene rings is 2. The average Bonchev–Trinajstić information content (AvgIpc) is 2.93. The number of carboxylic acid groups (broad SMARTS) is 1. The molecule has 2 unspecified atom stereocenters. The van der Waals surface area contributed by atoms with Gasteiger partial charge in [-0.05, 0) is 77.8 Å². The van der Waals surface area contributed by atoms with Gasteiger partial charge in [0.2, 0.25) is 0 Å². The third-order valence-electron chi connectivity index (χ3n) is 7.44. The summed E-state index contributed by atoms with van der Waals surface area (Å²) in [5.74, 6) is 2.39. The molecule has 210 valence electrons. The SMILES string of the molecule is CCSCC(CC1CCCCC1)NCc1ccc(C(=O)NC(CCSC)C(=O)O)c(-c2ccccc2C)c1.[H-].[Li+]. The standard InChI is InChI=1S/C31H44N2O3S2.Li.H/c1-4-38-21-25(18-23-11-6-5-7-12-23)32-20-24-14-15-27(28(19-24)26-13-9-8-10-22(26)2)30(34)33-29(31(35)36)16-17-37-3;;/h8-10,13-15,19,23,25,29,32H,4-7,11-12,16-18,20-21H2,1-3H3,(H,33,34)(H,35,36);;/q;+1;-1. The molecule has 0 bridgehead atoms. The van der Waals surface area contributed by atoms with Crippen LogP contribution in [-0.4, -0.2) is 52.6 Å². The van der Waals surface area contributed by atoms with Crippen LogP contribution in [0.4, 0.5) is 0 Å². The van der Waals surface area contributed by atoms with Crippen molar-refractivity contribution < 1.29 is 35.0 Å². The molecule has 2 atom stereocenters. The first-order valence-corrected chi connectivity index (χ1v) is 16.5. The Hall–Kier alpha value is -1.36. The van der Waals surface area contributed by atoms with Gasteiger partial charge in [-0.25, -0.2) is 4.79 Å². The summed E-state index contributed by atoms with van der Waals surface area (Å²) in [5.41, 5.74) is 4.57. The Kier molecular flexibility index (Phi) is 15.7. The smallest absolute Gasteiger partial charge is 1.00 e. The molecule has 1 saturated carbocycles. The Labute approximate surface area is 257 Å². The van der Waals surface area contributed by atoms with Crippen molar-refractivity contribution in [2.75, 3.05) is 23.5 Å². The van der Waals surface area contributed by atoms with Gasteiger partial charge in [-0.15, -0.1) is 0 Å². The number of amides is 1. The van der Waals surface area contributed by atoms with Crippen molar-refractivity contribution in [3.05, 3.63) is 59.2 Å². The Morgan fingerprint density at radius 2 is 1.85 bits per heavy atom. The van der Waals surface area contributed by atoms with Crippen LogP contribution in [0, 0.1) is 12.8 Å². The molecule has 0 spiro atoms. The maximum atomic E-state index is 13.3. The molecular formula is C31H45LiN2O3S2. The van der Waals surface area contributed by atoms with Crippen LogP contribution >= 0.6 is 23.5 Å². The second-order valence-corrected chi connectivity index (χ2v) is 12.6. The summed E-state index contributed by atoms with van der Waals surface area (Å²) >= 11 is 3.57. The summed E-state index contributed by atoms with van der Waals surface area (Å²) in [6.45, 7) is 5.01. The van der Waals surface area contributed by atoms with Gasteiger partial charge in [-0.2, -0.15) is 23.5 Å².